The van der Waals surface area contributed by atoms with Crippen LogP contribution >= 0.6 is 15.9 Å². The third kappa shape index (κ3) is 3.63. The topological polar surface area (TPSA) is 43.4 Å². The molecule has 1 aromatic rings. The number of hydrogen-bond donors (Lipinski definition) is 0. The Hall–Kier alpha value is -1.23. The van der Waals surface area contributed by atoms with Crippen LogP contribution in [0.3, 0.4) is 0 Å². The molecule has 0 N–H and O–H groups in total. The molecule has 0 amide bonds. The highest BCUT2D eigenvalue weighted by Crippen LogP contribution is 2.15. The van der Waals surface area contributed by atoms with Crippen LogP contribution in [0.4, 0.5) is 4.39 Å². The lowest BCUT2D eigenvalue weighted by Crippen LogP contribution is -2.11. The van der Waals surface area contributed by atoms with E-state index in [9.17, 15) is 14.0 Å². The van der Waals surface area contributed by atoms with E-state index in [1.54, 1.807) is 6.92 Å². The van der Waals surface area contributed by atoms with Crippen LogP contribution in [0.5, 0.6) is 0 Å². The number of ether oxygens (including phenoxy) is 1. The van der Waals surface area contributed by atoms with Gasteiger partial charge in [-0.05, 0) is 18.6 Å². The summed E-state index contributed by atoms with van der Waals surface area (Å²) in [6.07, 6.45) is -0.0374. The average molecular weight is 303 g/mol. The molecular weight excluding hydrogens is 291 g/mol. The summed E-state index contributed by atoms with van der Waals surface area (Å²) in [6, 6.07) is 4.36. The number of benzene rings is 1. The number of ketones is 1. The van der Waals surface area contributed by atoms with Crippen molar-refractivity contribution in [1.82, 2.24) is 0 Å². The summed E-state index contributed by atoms with van der Waals surface area (Å²) in [6.45, 7) is 1.83. The fourth-order valence-electron chi connectivity index (χ4n) is 1.34. The van der Waals surface area contributed by atoms with Gasteiger partial charge >= 0.3 is 5.97 Å². The summed E-state index contributed by atoms with van der Waals surface area (Å²) in [4.78, 5) is 22.6. The Morgan fingerprint density at radius 1 is 1.41 bits per heavy atom. The molecule has 17 heavy (non-hydrogen) atoms. The van der Waals surface area contributed by atoms with Gasteiger partial charge in [0.1, 0.15) is 11.6 Å². The van der Waals surface area contributed by atoms with Crippen molar-refractivity contribution in [3.63, 3.8) is 0 Å². The van der Waals surface area contributed by atoms with Gasteiger partial charge in [0.15, 0.2) is 0 Å². The minimum absolute atomic E-state index is 0.0374. The van der Waals surface area contributed by atoms with Crippen molar-refractivity contribution in [3.8, 4) is 0 Å². The fourth-order valence-corrected chi connectivity index (χ4v) is 1.54. The molecule has 5 heteroatoms. The van der Waals surface area contributed by atoms with E-state index in [0.717, 1.165) is 0 Å². The SMILES string of the molecule is CCOC(=O)c1cccc(CC(=O)CBr)c1F. The molecule has 0 aliphatic rings. The molecule has 0 saturated heterocycles. The van der Waals surface area contributed by atoms with Crippen molar-refractivity contribution in [2.24, 2.45) is 0 Å². The van der Waals surface area contributed by atoms with Crippen LogP contribution in [0.25, 0.3) is 0 Å². The lowest BCUT2D eigenvalue weighted by Gasteiger charge is -2.06. The highest BCUT2D eigenvalue weighted by atomic mass is 79.9. The molecule has 0 aromatic heterocycles. The zero-order valence-electron chi connectivity index (χ0n) is 9.33. The maximum absolute atomic E-state index is 13.9. The molecule has 0 heterocycles. The lowest BCUT2D eigenvalue weighted by atomic mass is 10.1. The second-order valence-electron chi connectivity index (χ2n) is 3.35. The molecule has 0 bridgehead atoms. The van der Waals surface area contributed by atoms with Gasteiger partial charge in [0, 0.05) is 6.42 Å². The van der Waals surface area contributed by atoms with E-state index in [-0.39, 0.29) is 35.3 Å². The van der Waals surface area contributed by atoms with Crippen molar-refractivity contribution >= 4 is 27.7 Å². The minimum atomic E-state index is -0.710. The van der Waals surface area contributed by atoms with Gasteiger partial charge in [0.2, 0.25) is 0 Å². The predicted molar refractivity (Wildman–Crippen MR) is 64.9 cm³/mol. The van der Waals surface area contributed by atoms with Crippen LogP contribution in [0.2, 0.25) is 0 Å². The van der Waals surface area contributed by atoms with E-state index < -0.39 is 11.8 Å². The number of Topliss-reactive ketones (excluding diaryl/α,β-unsaturated/α-hetero) is 1. The normalized spacial score (nSPS) is 10.1. The average Bonchev–Trinajstić information content (AvgIpc) is 2.32. The number of rotatable bonds is 5. The first-order chi connectivity index (χ1) is 8.10. The Balaban J connectivity index is 2.98. The van der Waals surface area contributed by atoms with Crippen LogP contribution in [0, 0.1) is 5.82 Å². The Labute approximate surface area is 107 Å². The molecule has 0 fully saturated rings. The number of hydrogen-bond acceptors (Lipinski definition) is 3. The van der Waals surface area contributed by atoms with E-state index in [0.29, 0.717) is 0 Å². The molecule has 3 nitrogen and oxygen atoms in total. The summed E-state index contributed by atoms with van der Waals surface area (Å²) >= 11 is 3.01. The molecular formula is C12H12BrFO3. The first-order valence-corrected chi connectivity index (χ1v) is 6.24. The third-order valence-electron chi connectivity index (χ3n) is 2.11. The van der Waals surface area contributed by atoms with Gasteiger partial charge in [-0.15, -0.1) is 0 Å². The summed E-state index contributed by atoms with van der Waals surface area (Å²) in [7, 11) is 0. The maximum atomic E-state index is 13.9. The summed E-state index contributed by atoms with van der Waals surface area (Å²) in [5, 5.41) is 0.163. The molecule has 0 unspecified atom stereocenters. The summed E-state index contributed by atoms with van der Waals surface area (Å²) in [5.41, 5.74) is 0.0757. The first-order valence-electron chi connectivity index (χ1n) is 5.12. The zero-order chi connectivity index (χ0) is 12.8. The summed E-state index contributed by atoms with van der Waals surface area (Å²) < 4.78 is 18.6. The number of carbonyl (C=O) groups is 2. The van der Waals surface area contributed by atoms with Crippen LogP contribution < -0.4 is 0 Å². The van der Waals surface area contributed by atoms with E-state index in [1.807, 2.05) is 0 Å². The molecule has 0 aliphatic carbocycles. The van der Waals surface area contributed by atoms with Gasteiger partial charge in [-0.25, -0.2) is 9.18 Å². The molecule has 0 saturated carbocycles. The zero-order valence-corrected chi connectivity index (χ0v) is 10.9. The highest BCUT2D eigenvalue weighted by Gasteiger charge is 2.16. The molecule has 1 aromatic carbocycles. The second-order valence-corrected chi connectivity index (χ2v) is 3.91. The molecule has 0 radical (unpaired) electrons. The Morgan fingerprint density at radius 3 is 2.71 bits per heavy atom. The van der Waals surface area contributed by atoms with Gasteiger partial charge in [0.05, 0.1) is 17.5 Å². The number of esters is 1. The molecule has 0 spiro atoms. The second kappa shape index (κ2) is 6.49. The Kier molecular flexibility index (Phi) is 5.28. The van der Waals surface area contributed by atoms with Crippen molar-refractivity contribution in [2.45, 2.75) is 13.3 Å². The van der Waals surface area contributed by atoms with E-state index in [2.05, 4.69) is 15.9 Å². The highest BCUT2D eigenvalue weighted by molar-refractivity contribution is 9.09. The molecule has 0 atom stereocenters. The van der Waals surface area contributed by atoms with Crippen molar-refractivity contribution in [1.29, 1.82) is 0 Å². The number of alkyl halides is 1. The van der Waals surface area contributed by atoms with Crippen molar-refractivity contribution < 1.29 is 18.7 Å². The van der Waals surface area contributed by atoms with E-state index in [1.165, 1.54) is 18.2 Å². The van der Waals surface area contributed by atoms with Gasteiger partial charge in [-0.2, -0.15) is 0 Å². The Bertz CT molecular complexity index is 432. The number of carbonyl (C=O) groups excluding carboxylic acids is 2. The molecule has 92 valence electrons. The van der Waals surface area contributed by atoms with E-state index in [4.69, 9.17) is 4.74 Å². The van der Waals surface area contributed by atoms with Gasteiger partial charge < -0.3 is 4.74 Å². The fraction of sp³-hybridized carbons (Fsp3) is 0.333. The van der Waals surface area contributed by atoms with Crippen molar-refractivity contribution in [2.75, 3.05) is 11.9 Å². The summed E-state index contributed by atoms with van der Waals surface area (Å²) in [5.74, 6) is -1.54. The standard InChI is InChI=1S/C12H12BrFO3/c1-2-17-12(16)10-5-3-4-8(11(10)14)6-9(15)7-13/h3-5H,2,6-7H2,1H3. The first kappa shape index (κ1) is 13.8. The largest absolute Gasteiger partial charge is 0.462 e. The minimum Gasteiger partial charge on any atom is -0.462 e. The Morgan fingerprint density at radius 2 is 2.12 bits per heavy atom. The quantitative estimate of drug-likeness (QED) is 0.620. The van der Waals surface area contributed by atoms with Gasteiger partial charge in [-0.3, -0.25) is 4.79 Å². The maximum Gasteiger partial charge on any atom is 0.341 e. The van der Waals surface area contributed by atoms with Gasteiger partial charge in [-0.1, -0.05) is 28.1 Å². The van der Waals surface area contributed by atoms with Crippen molar-refractivity contribution in [3.05, 3.63) is 35.1 Å². The molecule has 1 rings (SSSR count). The van der Waals surface area contributed by atoms with E-state index >= 15 is 0 Å². The lowest BCUT2D eigenvalue weighted by molar-refractivity contribution is -0.115. The van der Waals surface area contributed by atoms with Crippen LogP contribution in [0.1, 0.15) is 22.8 Å². The number of halogens is 2. The smallest absolute Gasteiger partial charge is 0.341 e. The van der Waals surface area contributed by atoms with Crippen LogP contribution in [0.15, 0.2) is 18.2 Å². The van der Waals surface area contributed by atoms with Crippen LogP contribution in [-0.4, -0.2) is 23.7 Å². The monoisotopic (exact) mass is 302 g/mol. The molecule has 0 aliphatic heterocycles. The predicted octanol–water partition coefficient (Wildman–Crippen LogP) is 2.51. The van der Waals surface area contributed by atoms with Gasteiger partial charge in [0.25, 0.3) is 0 Å². The third-order valence-corrected chi connectivity index (χ3v) is 2.74. The van der Waals surface area contributed by atoms with Crippen LogP contribution in [-0.2, 0) is 16.0 Å².